The van der Waals surface area contributed by atoms with Crippen LogP contribution in [0.5, 0.6) is 0 Å². The van der Waals surface area contributed by atoms with E-state index < -0.39 is 17.7 Å². The van der Waals surface area contributed by atoms with Crippen LogP contribution in [0.4, 0.5) is 13.2 Å². The zero-order valence-corrected chi connectivity index (χ0v) is 12.7. The molecule has 0 aliphatic carbocycles. The van der Waals surface area contributed by atoms with E-state index in [2.05, 4.69) is 9.84 Å². The molecule has 0 fully saturated rings. The summed E-state index contributed by atoms with van der Waals surface area (Å²) in [6.07, 6.45) is -3.26. The number of aryl methyl sites for hydroxylation is 1. The Labute approximate surface area is 126 Å². The van der Waals surface area contributed by atoms with Gasteiger partial charge in [0, 0.05) is 18.7 Å². The molecule has 0 unspecified atom stereocenters. The van der Waals surface area contributed by atoms with Gasteiger partial charge in [-0.05, 0) is 26.3 Å². The van der Waals surface area contributed by atoms with Crippen molar-refractivity contribution in [2.75, 3.05) is 0 Å². The first-order valence-corrected chi connectivity index (χ1v) is 6.86. The third-order valence-electron chi connectivity index (χ3n) is 2.91. The number of esters is 1. The molecule has 0 aliphatic rings. The van der Waals surface area contributed by atoms with Gasteiger partial charge < -0.3 is 4.74 Å². The molecule has 1 aromatic rings. The molecule has 0 saturated carbocycles. The van der Waals surface area contributed by atoms with Crippen molar-refractivity contribution in [3.8, 4) is 6.07 Å². The number of carbonyl (C=O) groups excluding carboxylic acids is 1. The van der Waals surface area contributed by atoms with E-state index in [1.807, 2.05) is 13.0 Å². The molecule has 0 radical (unpaired) electrons. The number of halogens is 3. The zero-order chi connectivity index (χ0) is 17.0. The van der Waals surface area contributed by atoms with Crippen LogP contribution >= 0.6 is 0 Å². The van der Waals surface area contributed by atoms with Gasteiger partial charge in [-0.3, -0.25) is 4.68 Å². The van der Waals surface area contributed by atoms with Gasteiger partial charge in [-0.2, -0.15) is 23.5 Å². The maximum atomic E-state index is 12.3. The summed E-state index contributed by atoms with van der Waals surface area (Å²) >= 11 is 0. The minimum absolute atomic E-state index is 0.0349. The van der Waals surface area contributed by atoms with Gasteiger partial charge >= 0.3 is 12.1 Å². The molecule has 1 rings (SSSR count). The minimum Gasteiger partial charge on any atom is -0.453 e. The molecule has 0 N–H and O–H groups in total. The summed E-state index contributed by atoms with van der Waals surface area (Å²) < 4.78 is 43.0. The Kier molecular flexibility index (Phi) is 5.58. The Morgan fingerprint density at radius 3 is 2.59 bits per heavy atom. The van der Waals surface area contributed by atoms with Gasteiger partial charge in [0.2, 0.25) is 0 Å². The van der Waals surface area contributed by atoms with Crippen molar-refractivity contribution in [1.29, 1.82) is 5.26 Å². The highest BCUT2D eigenvalue weighted by Crippen LogP contribution is 2.24. The lowest BCUT2D eigenvalue weighted by atomic mass is 10.0. The number of unbranched alkanes of at least 4 members (excludes halogenated alkanes) is 1. The van der Waals surface area contributed by atoms with Crippen molar-refractivity contribution in [3.05, 3.63) is 17.5 Å². The molecule has 122 valence electrons. The molecule has 0 spiro atoms. The molecular formula is C14H18F3N3O2. The first-order valence-electron chi connectivity index (χ1n) is 6.86. The van der Waals surface area contributed by atoms with Crippen LogP contribution in [0.1, 0.15) is 45.0 Å². The first-order chi connectivity index (χ1) is 10.1. The summed E-state index contributed by atoms with van der Waals surface area (Å²) in [6.45, 7) is 5.32. The molecule has 1 heterocycles. The Morgan fingerprint density at radius 1 is 1.45 bits per heavy atom. The van der Waals surface area contributed by atoms with Crippen LogP contribution in [0.3, 0.4) is 0 Å². The number of nitriles is 1. The summed E-state index contributed by atoms with van der Waals surface area (Å²) in [7, 11) is 0. The van der Waals surface area contributed by atoms with Crippen molar-refractivity contribution >= 4 is 5.97 Å². The molecule has 1 aromatic heterocycles. The van der Waals surface area contributed by atoms with Crippen molar-refractivity contribution in [3.63, 3.8) is 0 Å². The molecular weight excluding hydrogens is 299 g/mol. The number of alkyl halides is 3. The summed E-state index contributed by atoms with van der Waals surface area (Å²) in [5, 5.41) is 13.0. The van der Waals surface area contributed by atoms with Gasteiger partial charge in [-0.1, -0.05) is 13.3 Å². The normalized spacial score (nSPS) is 12.0. The van der Waals surface area contributed by atoms with E-state index in [0.717, 1.165) is 12.8 Å². The van der Waals surface area contributed by atoms with Gasteiger partial charge in [-0.15, -0.1) is 0 Å². The Balaban J connectivity index is 2.90. The van der Waals surface area contributed by atoms with Crippen molar-refractivity contribution in [1.82, 2.24) is 9.78 Å². The standard InChI is InChI=1S/C14H18F3N3O2/c1-4-5-6-20-11(7-10(9-18)19-20)8-13(2,3)22-12(21)14(15,16)17/h7H,4-6,8H2,1-3H3. The highest BCUT2D eigenvalue weighted by Gasteiger charge is 2.44. The van der Waals surface area contributed by atoms with E-state index in [4.69, 9.17) is 5.26 Å². The predicted octanol–water partition coefficient (Wildman–Crippen LogP) is 2.98. The number of hydrogen-bond donors (Lipinski definition) is 0. The van der Waals surface area contributed by atoms with Crippen molar-refractivity contribution in [2.45, 2.75) is 58.4 Å². The maximum Gasteiger partial charge on any atom is 0.490 e. The smallest absolute Gasteiger partial charge is 0.453 e. The number of carbonyl (C=O) groups is 1. The second kappa shape index (κ2) is 6.81. The summed E-state index contributed by atoms with van der Waals surface area (Å²) in [5.41, 5.74) is -0.613. The summed E-state index contributed by atoms with van der Waals surface area (Å²) in [5.74, 6) is -2.22. The zero-order valence-electron chi connectivity index (χ0n) is 12.7. The molecule has 0 bridgehead atoms. The Morgan fingerprint density at radius 2 is 2.09 bits per heavy atom. The van der Waals surface area contributed by atoms with Crippen LogP contribution < -0.4 is 0 Å². The van der Waals surface area contributed by atoms with E-state index in [0.29, 0.717) is 12.2 Å². The quantitative estimate of drug-likeness (QED) is 0.756. The highest BCUT2D eigenvalue weighted by atomic mass is 19.4. The molecule has 5 nitrogen and oxygen atoms in total. The van der Waals surface area contributed by atoms with E-state index in [-0.39, 0.29) is 12.1 Å². The number of ether oxygens (including phenoxy) is 1. The fourth-order valence-corrected chi connectivity index (χ4v) is 1.93. The van der Waals surface area contributed by atoms with Gasteiger partial charge in [0.15, 0.2) is 5.69 Å². The largest absolute Gasteiger partial charge is 0.490 e. The number of hydrogen-bond acceptors (Lipinski definition) is 4. The monoisotopic (exact) mass is 317 g/mol. The van der Waals surface area contributed by atoms with Crippen molar-refractivity contribution < 1.29 is 22.7 Å². The van der Waals surface area contributed by atoms with Crippen LogP contribution in [-0.2, 0) is 22.5 Å². The fourth-order valence-electron chi connectivity index (χ4n) is 1.93. The fraction of sp³-hybridized carbons (Fsp3) is 0.643. The lowest BCUT2D eigenvalue weighted by Gasteiger charge is -2.25. The topological polar surface area (TPSA) is 67.9 Å². The van der Waals surface area contributed by atoms with E-state index in [9.17, 15) is 18.0 Å². The Hall–Kier alpha value is -2.04. The third-order valence-corrected chi connectivity index (χ3v) is 2.91. The molecule has 8 heteroatoms. The second-order valence-electron chi connectivity index (χ2n) is 5.53. The molecule has 0 aliphatic heterocycles. The number of aromatic nitrogens is 2. The Bertz CT molecular complexity index is 571. The second-order valence-corrected chi connectivity index (χ2v) is 5.53. The molecule has 0 saturated heterocycles. The van der Waals surface area contributed by atoms with Gasteiger partial charge in [-0.25, -0.2) is 4.79 Å². The number of rotatable bonds is 6. The SMILES string of the molecule is CCCCn1nc(C#N)cc1CC(C)(C)OC(=O)C(F)(F)F. The van der Waals surface area contributed by atoms with E-state index in [1.54, 1.807) is 4.68 Å². The van der Waals surface area contributed by atoms with Gasteiger partial charge in [0.05, 0.1) is 0 Å². The molecule has 22 heavy (non-hydrogen) atoms. The first kappa shape index (κ1) is 18.0. The van der Waals surface area contributed by atoms with Crippen LogP contribution in [0.25, 0.3) is 0 Å². The van der Waals surface area contributed by atoms with E-state index in [1.165, 1.54) is 19.9 Å². The van der Waals surface area contributed by atoms with Gasteiger partial charge in [0.1, 0.15) is 11.7 Å². The summed E-state index contributed by atoms with van der Waals surface area (Å²) in [6, 6.07) is 3.39. The number of nitrogens with zero attached hydrogens (tertiary/aromatic N) is 3. The summed E-state index contributed by atoms with van der Waals surface area (Å²) in [4.78, 5) is 11.0. The van der Waals surface area contributed by atoms with Crippen molar-refractivity contribution in [2.24, 2.45) is 0 Å². The van der Waals surface area contributed by atoms with E-state index >= 15 is 0 Å². The average molecular weight is 317 g/mol. The predicted molar refractivity (Wildman–Crippen MR) is 71.8 cm³/mol. The van der Waals surface area contributed by atoms with Crippen LogP contribution in [0.15, 0.2) is 6.07 Å². The lowest BCUT2D eigenvalue weighted by Crippen LogP contribution is -2.37. The van der Waals surface area contributed by atoms with Crippen LogP contribution in [0, 0.1) is 11.3 Å². The maximum absolute atomic E-state index is 12.3. The average Bonchev–Trinajstić information content (AvgIpc) is 2.76. The molecule has 0 atom stereocenters. The van der Waals surface area contributed by atoms with Crippen LogP contribution in [0.2, 0.25) is 0 Å². The lowest BCUT2D eigenvalue weighted by molar-refractivity contribution is -0.211. The molecule has 0 aromatic carbocycles. The molecule has 0 amide bonds. The minimum atomic E-state index is -5.03. The van der Waals surface area contributed by atoms with Crippen LogP contribution in [-0.4, -0.2) is 27.5 Å². The van der Waals surface area contributed by atoms with Gasteiger partial charge in [0.25, 0.3) is 0 Å². The highest BCUT2D eigenvalue weighted by molar-refractivity contribution is 5.76. The third kappa shape index (κ3) is 5.06.